The van der Waals surface area contributed by atoms with E-state index in [1.807, 2.05) is 31.2 Å². The molecule has 162 valence electrons. The van der Waals surface area contributed by atoms with Crippen LogP contribution in [0.1, 0.15) is 46.1 Å². The molecule has 3 aromatic rings. The normalized spacial score (nSPS) is 15.3. The summed E-state index contributed by atoms with van der Waals surface area (Å²) < 4.78 is 39.7. The van der Waals surface area contributed by atoms with E-state index in [1.165, 1.54) is 12.1 Å². The highest BCUT2D eigenvalue weighted by Crippen LogP contribution is 2.30. The number of halogens is 3. The van der Waals surface area contributed by atoms with Crippen molar-refractivity contribution in [3.8, 4) is 5.69 Å². The third-order valence-electron chi connectivity index (χ3n) is 5.60. The maximum Gasteiger partial charge on any atom is 0.416 e. The van der Waals surface area contributed by atoms with Crippen LogP contribution in [-0.2, 0) is 6.18 Å². The number of hydrogen-bond donors (Lipinski definition) is 1. The van der Waals surface area contributed by atoms with Crippen LogP contribution in [0.5, 0.6) is 0 Å². The molecular weight excluding hydrogens is 409 g/mol. The summed E-state index contributed by atoms with van der Waals surface area (Å²) in [6, 6.07) is 11.8. The minimum absolute atomic E-state index is 0.0168. The molecule has 2 heterocycles. The number of amides is 1. The molecule has 0 saturated carbocycles. The van der Waals surface area contributed by atoms with Gasteiger partial charge < -0.3 is 4.90 Å². The van der Waals surface area contributed by atoms with Crippen LogP contribution >= 0.6 is 0 Å². The number of likely N-dealkylation sites (tertiary alicyclic amines) is 1. The predicted octanol–water partition coefficient (Wildman–Crippen LogP) is 3.91. The highest BCUT2D eigenvalue weighted by Gasteiger charge is 2.31. The second kappa shape index (κ2) is 8.05. The SMILES string of the molecule is Cc1ccc(-n2c(C3CCN(C(=O)c4ccc(C(F)(F)F)cc4)CC3)n[nH]c2=O)cc1. The van der Waals surface area contributed by atoms with Gasteiger partial charge in [0.05, 0.1) is 11.3 Å². The van der Waals surface area contributed by atoms with Gasteiger partial charge in [-0.15, -0.1) is 0 Å². The highest BCUT2D eigenvalue weighted by atomic mass is 19.4. The summed E-state index contributed by atoms with van der Waals surface area (Å²) in [6.07, 6.45) is -3.23. The number of carbonyl (C=O) groups excluding carboxylic acids is 1. The van der Waals surface area contributed by atoms with Gasteiger partial charge in [-0.3, -0.25) is 4.79 Å². The number of piperidine rings is 1. The molecule has 1 aliphatic rings. The van der Waals surface area contributed by atoms with E-state index in [0.29, 0.717) is 31.8 Å². The summed E-state index contributed by atoms with van der Waals surface area (Å²) in [4.78, 5) is 26.6. The van der Waals surface area contributed by atoms with Gasteiger partial charge >= 0.3 is 11.9 Å². The van der Waals surface area contributed by atoms with Crippen LogP contribution in [0.3, 0.4) is 0 Å². The van der Waals surface area contributed by atoms with Crippen molar-refractivity contribution in [2.75, 3.05) is 13.1 Å². The van der Waals surface area contributed by atoms with Gasteiger partial charge in [-0.1, -0.05) is 17.7 Å². The van der Waals surface area contributed by atoms with Gasteiger partial charge in [0.1, 0.15) is 5.82 Å². The zero-order valence-electron chi connectivity index (χ0n) is 16.8. The zero-order chi connectivity index (χ0) is 22.2. The predicted molar refractivity (Wildman–Crippen MR) is 108 cm³/mol. The highest BCUT2D eigenvalue weighted by molar-refractivity contribution is 5.94. The Morgan fingerprint density at radius 2 is 1.65 bits per heavy atom. The number of rotatable bonds is 3. The molecule has 6 nitrogen and oxygen atoms in total. The fraction of sp³-hybridized carbons (Fsp3) is 0.318. The Morgan fingerprint density at radius 1 is 1.03 bits per heavy atom. The molecule has 1 aliphatic heterocycles. The van der Waals surface area contributed by atoms with E-state index in [4.69, 9.17) is 0 Å². The molecule has 0 unspecified atom stereocenters. The van der Waals surface area contributed by atoms with Crippen molar-refractivity contribution in [1.29, 1.82) is 0 Å². The summed E-state index contributed by atoms with van der Waals surface area (Å²) in [5.74, 6) is 0.303. The lowest BCUT2D eigenvalue weighted by molar-refractivity contribution is -0.137. The van der Waals surface area contributed by atoms with E-state index in [0.717, 1.165) is 23.4 Å². The van der Waals surface area contributed by atoms with E-state index >= 15 is 0 Å². The van der Waals surface area contributed by atoms with Crippen LogP contribution in [0.15, 0.2) is 53.3 Å². The largest absolute Gasteiger partial charge is 0.416 e. The van der Waals surface area contributed by atoms with Crippen molar-refractivity contribution >= 4 is 5.91 Å². The first-order valence-electron chi connectivity index (χ1n) is 9.95. The molecule has 0 atom stereocenters. The van der Waals surface area contributed by atoms with Crippen LogP contribution in [0.4, 0.5) is 13.2 Å². The van der Waals surface area contributed by atoms with Gasteiger partial charge in [0.2, 0.25) is 0 Å². The molecule has 0 aliphatic carbocycles. The lowest BCUT2D eigenvalue weighted by Crippen LogP contribution is -2.38. The minimum Gasteiger partial charge on any atom is -0.339 e. The molecule has 1 amide bonds. The number of nitrogens with one attached hydrogen (secondary N) is 1. The number of H-pyrrole nitrogens is 1. The van der Waals surface area contributed by atoms with Gasteiger partial charge in [0.25, 0.3) is 5.91 Å². The summed E-state index contributed by atoms with van der Waals surface area (Å²) in [5.41, 5.74) is 0.930. The zero-order valence-corrected chi connectivity index (χ0v) is 16.8. The summed E-state index contributed by atoms with van der Waals surface area (Å²) in [5, 5.41) is 6.72. The topological polar surface area (TPSA) is 71.0 Å². The second-order valence-electron chi connectivity index (χ2n) is 7.70. The average molecular weight is 430 g/mol. The smallest absolute Gasteiger partial charge is 0.339 e. The Labute approximate surface area is 176 Å². The van der Waals surface area contributed by atoms with E-state index < -0.39 is 11.7 Å². The van der Waals surface area contributed by atoms with Crippen molar-refractivity contribution in [2.45, 2.75) is 31.9 Å². The van der Waals surface area contributed by atoms with E-state index in [9.17, 15) is 22.8 Å². The lowest BCUT2D eigenvalue weighted by Gasteiger charge is -2.31. The molecular formula is C22H21F3N4O2. The van der Waals surface area contributed by atoms with Crippen molar-refractivity contribution in [1.82, 2.24) is 19.7 Å². The number of aromatic amines is 1. The van der Waals surface area contributed by atoms with Gasteiger partial charge in [-0.2, -0.15) is 18.3 Å². The number of carbonyl (C=O) groups is 1. The third-order valence-corrected chi connectivity index (χ3v) is 5.60. The molecule has 0 radical (unpaired) electrons. The maximum atomic E-state index is 12.7. The third kappa shape index (κ3) is 4.26. The average Bonchev–Trinajstić information content (AvgIpc) is 3.15. The van der Waals surface area contributed by atoms with E-state index in [-0.39, 0.29) is 23.1 Å². The van der Waals surface area contributed by atoms with Crippen LogP contribution in [0.25, 0.3) is 5.69 Å². The van der Waals surface area contributed by atoms with Gasteiger partial charge in [0.15, 0.2) is 0 Å². The fourth-order valence-electron chi connectivity index (χ4n) is 3.85. The van der Waals surface area contributed by atoms with Gasteiger partial charge in [-0.25, -0.2) is 14.5 Å². The molecule has 0 bridgehead atoms. The van der Waals surface area contributed by atoms with Crippen LogP contribution in [0, 0.1) is 6.92 Å². The monoisotopic (exact) mass is 430 g/mol. The molecule has 0 spiro atoms. The van der Waals surface area contributed by atoms with Gasteiger partial charge in [-0.05, 0) is 56.2 Å². The number of alkyl halides is 3. The van der Waals surface area contributed by atoms with Crippen molar-refractivity contribution in [2.24, 2.45) is 0 Å². The summed E-state index contributed by atoms with van der Waals surface area (Å²) in [6.45, 7) is 2.82. The first-order valence-corrected chi connectivity index (χ1v) is 9.95. The summed E-state index contributed by atoms with van der Waals surface area (Å²) >= 11 is 0. The Balaban J connectivity index is 1.47. The van der Waals surface area contributed by atoms with Gasteiger partial charge in [0, 0.05) is 24.6 Å². The maximum absolute atomic E-state index is 12.7. The fourth-order valence-corrected chi connectivity index (χ4v) is 3.85. The number of benzene rings is 2. The Kier molecular flexibility index (Phi) is 5.43. The standard InChI is InChI=1S/C22H21F3N4O2/c1-14-2-8-18(9-3-14)29-19(26-27-21(29)31)15-10-12-28(13-11-15)20(30)16-4-6-17(7-5-16)22(23,24)25/h2-9,15H,10-13H2,1H3,(H,27,31). The number of aryl methyl sites for hydroxylation is 1. The molecule has 1 fully saturated rings. The summed E-state index contributed by atoms with van der Waals surface area (Å²) in [7, 11) is 0. The molecule has 2 aromatic carbocycles. The molecule has 1 aromatic heterocycles. The van der Waals surface area contributed by atoms with E-state index in [2.05, 4.69) is 10.2 Å². The van der Waals surface area contributed by atoms with Crippen LogP contribution < -0.4 is 5.69 Å². The Bertz CT molecular complexity index is 1120. The number of aromatic nitrogens is 3. The van der Waals surface area contributed by atoms with Crippen LogP contribution in [0.2, 0.25) is 0 Å². The van der Waals surface area contributed by atoms with Crippen molar-refractivity contribution < 1.29 is 18.0 Å². The second-order valence-corrected chi connectivity index (χ2v) is 7.70. The molecule has 1 saturated heterocycles. The van der Waals surface area contributed by atoms with Crippen molar-refractivity contribution in [3.63, 3.8) is 0 Å². The quantitative estimate of drug-likeness (QED) is 0.685. The number of nitrogens with zero attached hydrogens (tertiary/aromatic N) is 3. The lowest BCUT2D eigenvalue weighted by atomic mass is 9.95. The number of hydrogen-bond acceptors (Lipinski definition) is 3. The van der Waals surface area contributed by atoms with Crippen molar-refractivity contribution in [3.05, 3.63) is 81.5 Å². The first-order chi connectivity index (χ1) is 14.7. The molecule has 9 heteroatoms. The van der Waals surface area contributed by atoms with E-state index in [1.54, 1.807) is 9.47 Å². The first kappa shape index (κ1) is 20.9. The Hall–Kier alpha value is -3.36. The Morgan fingerprint density at radius 3 is 2.23 bits per heavy atom. The minimum atomic E-state index is -4.43. The molecule has 31 heavy (non-hydrogen) atoms. The molecule has 4 rings (SSSR count). The van der Waals surface area contributed by atoms with Crippen LogP contribution in [-0.4, -0.2) is 38.7 Å². The molecule has 1 N–H and O–H groups in total.